The molecule has 28 heavy (non-hydrogen) atoms. The molecule has 0 saturated carbocycles. The second-order valence-electron chi connectivity index (χ2n) is 6.08. The van der Waals surface area contributed by atoms with Gasteiger partial charge in [-0.05, 0) is 26.1 Å². The Balaban J connectivity index is 0.00000109. The predicted molar refractivity (Wildman–Crippen MR) is 104 cm³/mol. The number of nitrogens with zero attached hydrogens (tertiary/aromatic N) is 5. The van der Waals surface area contributed by atoms with Crippen LogP contribution in [0.2, 0.25) is 0 Å². The Kier molecular flexibility index (Phi) is 5.46. The lowest BCUT2D eigenvalue weighted by Crippen LogP contribution is -2.08. The van der Waals surface area contributed by atoms with Crippen molar-refractivity contribution < 1.29 is 14.5 Å². The molecule has 144 valence electrons. The first-order valence-electron chi connectivity index (χ1n) is 8.63. The van der Waals surface area contributed by atoms with Gasteiger partial charge in [-0.3, -0.25) is 4.98 Å². The number of fused-ring (bicyclic) bond motifs is 1. The molecule has 4 rings (SSSR count). The lowest BCUT2D eigenvalue weighted by Gasteiger charge is -2.13. The van der Waals surface area contributed by atoms with Crippen LogP contribution in [0.4, 0.5) is 0 Å². The standard InChI is InChI=1S/C18H15N5O3.CH5N/c1-10(2)23-16-12(18(24)25)8-19-14(11-6-4-3-5-7-11)15(16)21-17(23)13-9-20-26-22-13;1-2/h3-10H,1-2H3,(H,24,25);2H2,1H3. The van der Waals surface area contributed by atoms with Crippen LogP contribution >= 0.6 is 0 Å². The van der Waals surface area contributed by atoms with Gasteiger partial charge in [0.1, 0.15) is 17.3 Å². The van der Waals surface area contributed by atoms with Gasteiger partial charge < -0.3 is 15.4 Å². The van der Waals surface area contributed by atoms with Crippen molar-refractivity contribution in [1.29, 1.82) is 0 Å². The van der Waals surface area contributed by atoms with Crippen LogP contribution in [-0.4, -0.2) is 43.0 Å². The summed E-state index contributed by atoms with van der Waals surface area (Å²) in [5, 5.41) is 17.2. The summed E-state index contributed by atoms with van der Waals surface area (Å²) >= 11 is 0. The third-order valence-corrected chi connectivity index (χ3v) is 4.10. The van der Waals surface area contributed by atoms with E-state index in [-0.39, 0.29) is 11.6 Å². The number of aromatic carboxylic acids is 1. The summed E-state index contributed by atoms with van der Waals surface area (Å²) in [4.78, 5) is 20.9. The highest BCUT2D eigenvalue weighted by Crippen LogP contribution is 2.34. The molecule has 0 fully saturated rings. The molecule has 3 N–H and O–H groups in total. The number of carboxylic acid groups (broad SMARTS) is 1. The van der Waals surface area contributed by atoms with Crippen LogP contribution in [0, 0.1) is 0 Å². The van der Waals surface area contributed by atoms with Gasteiger partial charge in [0.05, 0.1) is 11.2 Å². The Morgan fingerprint density at radius 1 is 1.18 bits per heavy atom. The number of carboxylic acids is 1. The van der Waals surface area contributed by atoms with Gasteiger partial charge in [-0.2, -0.15) is 0 Å². The molecule has 0 saturated heterocycles. The maximum Gasteiger partial charge on any atom is 0.339 e. The molecule has 3 aromatic heterocycles. The third kappa shape index (κ3) is 3.23. The molecule has 0 bridgehead atoms. The van der Waals surface area contributed by atoms with Crippen LogP contribution < -0.4 is 5.73 Å². The van der Waals surface area contributed by atoms with Crippen molar-refractivity contribution in [1.82, 2.24) is 24.8 Å². The molecule has 0 spiro atoms. The molecular weight excluding hydrogens is 360 g/mol. The first-order chi connectivity index (χ1) is 13.6. The minimum atomic E-state index is -1.06. The Morgan fingerprint density at radius 2 is 1.89 bits per heavy atom. The topological polar surface area (TPSA) is 133 Å². The molecule has 3 heterocycles. The average molecular weight is 380 g/mol. The van der Waals surface area contributed by atoms with E-state index < -0.39 is 5.97 Å². The number of nitrogens with two attached hydrogens (primary N) is 1. The van der Waals surface area contributed by atoms with E-state index in [1.807, 2.05) is 48.7 Å². The summed E-state index contributed by atoms with van der Waals surface area (Å²) in [5.74, 6) is -0.572. The number of carbonyl (C=O) groups is 1. The minimum Gasteiger partial charge on any atom is -0.478 e. The van der Waals surface area contributed by atoms with Gasteiger partial charge in [0.25, 0.3) is 0 Å². The van der Waals surface area contributed by atoms with Crippen LogP contribution in [0.1, 0.15) is 30.2 Å². The molecule has 0 amide bonds. The average Bonchev–Trinajstić information content (AvgIpc) is 3.37. The van der Waals surface area contributed by atoms with Gasteiger partial charge in [0, 0.05) is 17.8 Å². The second kappa shape index (κ2) is 7.97. The van der Waals surface area contributed by atoms with Gasteiger partial charge >= 0.3 is 5.97 Å². The molecule has 0 aliphatic heterocycles. The number of pyridine rings is 1. The number of hydrogen-bond acceptors (Lipinski definition) is 7. The number of rotatable bonds is 4. The molecule has 1 aromatic carbocycles. The first kappa shape index (κ1) is 19.2. The Labute approximate surface area is 160 Å². The Bertz CT molecular complexity index is 1090. The monoisotopic (exact) mass is 380 g/mol. The van der Waals surface area contributed by atoms with E-state index in [2.05, 4.69) is 26.0 Å². The van der Waals surface area contributed by atoms with Crippen molar-refractivity contribution in [3.05, 3.63) is 48.3 Å². The van der Waals surface area contributed by atoms with E-state index >= 15 is 0 Å². The Morgan fingerprint density at radius 3 is 2.46 bits per heavy atom. The predicted octanol–water partition coefficient (Wildman–Crippen LogP) is 3.00. The second-order valence-corrected chi connectivity index (χ2v) is 6.08. The van der Waals surface area contributed by atoms with E-state index in [9.17, 15) is 9.90 Å². The number of benzene rings is 1. The zero-order chi connectivity index (χ0) is 20.3. The normalized spacial score (nSPS) is 10.8. The zero-order valence-electron chi connectivity index (χ0n) is 15.7. The summed E-state index contributed by atoms with van der Waals surface area (Å²) in [7, 11) is 1.50. The van der Waals surface area contributed by atoms with Gasteiger partial charge in [-0.25, -0.2) is 14.4 Å². The van der Waals surface area contributed by atoms with Crippen molar-refractivity contribution in [2.24, 2.45) is 5.73 Å². The van der Waals surface area contributed by atoms with Crippen LogP contribution in [-0.2, 0) is 0 Å². The van der Waals surface area contributed by atoms with E-state index in [1.165, 1.54) is 19.4 Å². The van der Waals surface area contributed by atoms with Crippen molar-refractivity contribution in [2.75, 3.05) is 7.05 Å². The first-order valence-corrected chi connectivity index (χ1v) is 8.63. The molecule has 0 atom stereocenters. The highest BCUT2D eigenvalue weighted by atomic mass is 16.6. The molecule has 9 heteroatoms. The highest BCUT2D eigenvalue weighted by molar-refractivity contribution is 6.05. The van der Waals surface area contributed by atoms with Gasteiger partial charge in [-0.15, -0.1) is 0 Å². The smallest absolute Gasteiger partial charge is 0.339 e. The van der Waals surface area contributed by atoms with E-state index in [1.54, 1.807) is 0 Å². The van der Waals surface area contributed by atoms with E-state index in [4.69, 9.17) is 4.63 Å². The largest absolute Gasteiger partial charge is 0.478 e. The molecule has 4 aromatic rings. The molecule has 0 aliphatic carbocycles. The highest BCUT2D eigenvalue weighted by Gasteiger charge is 2.25. The molecule has 0 aliphatic rings. The van der Waals surface area contributed by atoms with Crippen molar-refractivity contribution in [3.8, 4) is 22.8 Å². The summed E-state index contributed by atoms with van der Waals surface area (Å²) in [6.07, 6.45) is 2.83. The lowest BCUT2D eigenvalue weighted by molar-refractivity contribution is 0.0698. The van der Waals surface area contributed by atoms with E-state index in [0.29, 0.717) is 28.2 Å². The van der Waals surface area contributed by atoms with Crippen molar-refractivity contribution in [2.45, 2.75) is 19.9 Å². The number of aromatic nitrogens is 5. The molecule has 0 unspecified atom stereocenters. The van der Waals surface area contributed by atoms with Crippen molar-refractivity contribution >= 4 is 17.0 Å². The fraction of sp³-hybridized carbons (Fsp3) is 0.211. The van der Waals surface area contributed by atoms with Crippen LogP contribution in [0.15, 0.2) is 47.4 Å². The fourth-order valence-corrected chi connectivity index (χ4v) is 3.02. The van der Waals surface area contributed by atoms with Crippen LogP contribution in [0.25, 0.3) is 33.8 Å². The van der Waals surface area contributed by atoms with Crippen LogP contribution in [0.3, 0.4) is 0 Å². The maximum absolute atomic E-state index is 11.8. The number of imidazole rings is 1. The SMILES string of the molecule is CC(C)n1c(-c2cnon2)nc2c(-c3ccccc3)ncc(C(=O)O)c21.CN. The van der Waals surface area contributed by atoms with Crippen LogP contribution in [0.5, 0.6) is 0 Å². The fourth-order valence-electron chi connectivity index (χ4n) is 3.02. The van der Waals surface area contributed by atoms with Gasteiger partial charge in [0.2, 0.25) is 0 Å². The Hall–Kier alpha value is -3.59. The van der Waals surface area contributed by atoms with Gasteiger partial charge in [0.15, 0.2) is 11.5 Å². The molecule has 0 radical (unpaired) electrons. The number of hydrogen-bond donors (Lipinski definition) is 2. The third-order valence-electron chi connectivity index (χ3n) is 4.10. The maximum atomic E-state index is 11.8. The summed E-state index contributed by atoms with van der Waals surface area (Å²) in [6.45, 7) is 3.90. The lowest BCUT2D eigenvalue weighted by atomic mass is 10.1. The zero-order valence-corrected chi connectivity index (χ0v) is 15.7. The summed E-state index contributed by atoms with van der Waals surface area (Å²) in [5.41, 5.74) is 7.49. The van der Waals surface area contributed by atoms with Crippen molar-refractivity contribution in [3.63, 3.8) is 0 Å². The van der Waals surface area contributed by atoms with E-state index in [0.717, 1.165) is 5.56 Å². The quantitative estimate of drug-likeness (QED) is 0.552. The molecule has 9 nitrogen and oxygen atoms in total. The minimum absolute atomic E-state index is 0.0594. The van der Waals surface area contributed by atoms with Gasteiger partial charge in [-0.1, -0.05) is 35.5 Å². The summed E-state index contributed by atoms with van der Waals surface area (Å²) in [6, 6.07) is 9.47. The molecular formula is C19H20N6O3. The summed E-state index contributed by atoms with van der Waals surface area (Å²) < 4.78 is 6.53.